The van der Waals surface area contributed by atoms with Crippen LogP contribution in [0.4, 0.5) is 11.4 Å². The Balaban J connectivity index is 2.03. The Morgan fingerprint density at radius 2 is 1.93 bits per heavy atom. The van der Waals surface area contributed by atoms with Gasteiger partial charge in [-0.15, -0.1) is 0 Å². The van der Waals surface area contributed by atoms with Crippen molar-refractivity contribution in [3.05, 3.63) is 62.2 Å². The predicted molar refractivity (Wildman–Crippen MR) is 95.6 cm³/mol. The van der Waals surface area contributed by atoms with Crippen molar-refractivity contribution in [2.24, 2.45) is 5.10 Å². The molecule has 0 aliphatic rings. The summed E-state index contributed by atoms with van der Waals surface area (Å²) in [4.78, 5) is 32.2. The molecular weight excluding hydrogens is 376 g/mol. The first-order valence-corrected chi connectivity index (χ1v) is 7.57. The van der Waals surface area contributed by atoms with Crippen LogP contribution in [0, 0.1) is 20.2 Å². The number of hydrazone groups is 1. The number of nitrogens with one attached hydrogen (secondary N) is 1. The maximum atomic E-state index is 11.8. The summed E-state index contributed by atoms with van der Waals surface area (Å²) >= 11 is 0. The molecule has 0 unspecified atom stereocenters. The van der Waals surface area contributed by atoms with Gasteiger partial charge in [-0.1, -0.05) is 12.1 Å². The SMILES string of the molecule is COc1cc([N+](=O)[O-])cc(/C=N\NC(=O)COc2ccccc2[N+](=O)[O-])c1O. The summed E-state index contributed by atoms with van der Waals surface area (Å²) in [6.45, 7) is -0.563. The van der Waals surface area contributed by atoms with E-state index in [1.54, 1.807) is 0 Å². The van der Waals surface area contributed by atoms with Gasteiger partial charge in [0.25, 0.3) is 11.6 Å². The van der Waals surface area contributed by atoms with Crippen LogP contribution in [0.15, 0.2) is 41.5 Å². The molecule has 0 aliphatic heterocycles. The van der Waals surface area contributed by atoms with Gasteiger partial charge in [-0.3, -0.25) is 25.0 Å². The van der Waals surface area contributed by atoms with E-state index in [2.05, 4.69) is 10.5 Å². The normalized spacial score (nSPS) is 10.5. The highest BCUT2D eigenvalue weighted by Gasteiger charge is 2.16. The molecule has 2 aromatic carbocycles. The van der Waals surface area contributed by atoms with Crippen molar-refractivity contribution in [1.29, 1.82) is 0 Å². The first-order valence-electron chi connectivity index (χ1n) is 7.57. The van der Waals surface area contributed by atoms with E-state index in [0.717, 1.165) is 18.3 Å². The number of nitrogens with zero attached hydrogens (tertiary/aromatic N) is 3. The summed E-state index contributed by atoms with van der Waals surface area (Å²) in [5.41, 5.74) is 1.37. The number of non-ortho nitro benzene ring substituents is 1. The highest BCUT2D eigenvalue weighted by atomic mass is 16.6. The van der Waals surface area contributed by atoms with Crippen LogP contribution in [-0.4, -0.2) is 40.8 Å². The molecule has 2 rings (SSSR count). The van der Waals surface area contributed by atoms with Crippen molar-refractivity contribution in [2.45, 2.75) is 0 Å². The van der Waals surface area contributed by atoms with Crippen LogP contribution in [0.3, 0.4) is 0 Å². The summed E-state index contributed by atoms with van der Waals surface area (Å²) in [6, 6.07) is 7.60. The van der Waals surface area contributed by atoms with Crippen molar-refractivity contribution in [3.8, 4) is 17.2 Å². The highest BCUT2D eigenvalue weighted by molar-refractivity contribution is 5.87. The maximum Gasteiger partial charge on any atom is 0.310 e. The first kappa shape index (κ1) is 20.1. The molecule has 2 N–H and O–H groups in total. The molecule has 0 heterocycles. The van der Waals surface area contributed by atoms with Crippen LogP contribution in [0.2, 0.25) is 0 Å². The molecule has 0 bridgehead atoms. The van der Waals surface area contributed by atoms with E-state index in [1.807, 2.05) is 0 Å². The zero-order valence-corrected chi connectivity index (χ0v) is 14.4. The Morgan fingerprint density at radius 1 is 1.21 bits per heavy atom. The van der Waals surface area contributed by atoms with Crippen LogP contribution < -0.4 is 14.9 Å². The number of phenolic OH excluding ortho intramolecular Hbond substituents is 1. The number of methoxy groups -OCH3 is 1. The Kier molecular flexibility index (Phi) is 6.41. The summed E-state index contributed by atoms with van der Waals surface area (Å²) < 4.78 is 9.93. The van der Waals surface area contributed by atoms with E-state index >= 15 is 0 Å². The van der Waals surface area contributed by atoms with E-state index in [4.69, 9.17) is 9.47 Å². The van der Waals surface area contributed by atoms with E-state index in [1.165, 1.54) is 31.4 Å². The number of nitro benzene ring substituents is 2. The molecule has 2 aromatic rings. The standard InChI is InChI=1S/C16H14N4O8/c1-27-14-7-11(19(23)24)6-10(16(14)22)8-17-18-15(21)9-28-13-5-3-2-4-12(13)20(25)26/h2-8,22H,9H2,1H3,(H,18,21)/b17-8-. The Morgan fingerprint density at radius 3 is 2.57 bits per heavy atom. The summed E-state index contributed by atoms with van der Waals surface area (Å²) in [5, 5.41) is 35.3. The van der Waals surface area contributed by atoms with Crippen molar-refractivity contribution in [1.82, 2.24) is 5.43 Å². The molecule has 0 radical (unpaired) electrons. The number of aromatic hydroxyl groups is 1. The molecule has 0 aliphatic carbocycles. The number of ether oxygens (including phenoxy) is 2. The van der Waals surface area contributed by atoms with Crippen molar-refractivity contribution in [3.63, 3.8) is 0 Å². The Labute approximate surface area is 157 Å². The van der Waals surface area contributed by atoms with Gasteiger partial charge in [-0.25, -0.2) is 5.43 Å². The second-order valence-corrected chi connectivity index (χ2v) is 5.15. The average molecular weight is 390 g/mol. The minimum atomic E-state index is -0.744. The molecule has 0 aromatic heterocycles. The van der Waals surface area contributed by atoms with Crippen molar-refractivity contribution < 1.29 is 29.2 Å². The lowest BCUT2D eigenvalue weighted by atomic mass is 10.2. The first-order chi connectivity index (χ1) is 13.3. The minimum Gasteiger partial charge on any atom is -0.504 e. The van der Waals surface area contributed by atoms with E-state index in [-0.39, 0.29) is 28.4 Å². The monoisotopic (exact) mass is 390 g/mol. The van der Waals surface area contributed by atoms with Crippen molar-refractivity contribution in [2.75, 3.05) is 13.7 Å². The zero-order chi connectivity index (χ0) is 20.7. The minimum absolute atomic E-state index is 0.0639. The van der Waals surface area contributed by atoms with Gasteiger partial charge in [0.2, 0.25) is 0 Å². The molecule has 0 spiro atoms. The van der Waals surface area contributed by atoms with Gasteiger partial charge in [-0.05, 0) is 6.07 Å². The molecule has 0 fully saturated rings. The van der Waals surface area contributed by atoms with Crippen LogP contribution in [0.5, 0.6) is 17.2 Å². The number of hydrogen-bond donors (Lipinski definition) is 2. The molecule has 146 valence electrons. The zero-order valence-electron chi connectivity index (χ0n) is 14.4. The molecule has 12 nitrogen and oxygen atoms in total. The second kappa shape index (κ2) is 8.93. The number of para-hydroxylation sites is 2. The Hall–Kier alpha value is -4.22. The second-order valence-electron chi connectivity index (χ2n) is 5.15. The van der Waals surface area contributed by atoms with Gasteiger partial charge in [0.15, 0.2) is 23.9 Å². The van der Waals surface area contributed by atoms with Gasteiger partial charge >= 0.3 is 5.69 Å². The number of carbonyl (C=O) groups is 1. The fourth-order valence-corrected chi connectivity index (χ4v) is 2.05. The van der Waals surface area contributed by atoms with Gasteiger partial charge in [0.1, 0.15) is 0 Å². The number of amides is 1. The fraction of sp³-hybridized carbons (Fsp3) is 0.125. The number of hydrogen-bond acceptors (Lipinski definition) is 9. The Bertz CT molecular complexity index is 944. The number of nitro groups is 2. The topological polar surface area (TPSA) is 166 Å². The van der Waals surface area contributed by atoms with Crippen LogP contribution >= 0.6 is 0 Å². The van der Waals surface area contributed by atoms with Gasteiger partial charge in [0.05, 0.1) is 29.2 Å². The molecule has 1 amide bonds. The van der Waals surface area contributed by atoms with E-state index in [9.17, 15) is 30.1 Å². The van der Waals surface area contributed by atoms with Crippen LogP contribution in [-0.2, 0) is 4.79 Å². The van der Waals surface area contributed by atoms with Crippen molar-refractivity contribution >= 4 is 23.5 Å². The molecule has 0 atom stereocenters. The smallest absolute Gasteiger partial charge is 0.310 e. The number of carbonyl (C=O) groups excluding carboxylic acids is 1. The third-order valence-electron chi connectivity index (χ3n) is 3.33. The molecule has 0 saturated heterocycles. The molecule has 0 saturated carbocycles. The van der Waals surface area contributed by atoms with Crippen LogP contribution in [0.1, 0.15) is 5.56 Å². The van der Waals surface area contributed by atoms with E-state index in [0.29, 0.717) is 0 Å². The van der Waals surface area contributed by atoms with E-state index < -0.39 is 28.1 Å². The van der Waals surface area contributed by atoms with Crippen LogP contribution in [0.25, 0.3) is 0 Å². The predicted octanol–water partition coefficient (Wildman–Crippen LogP) is 1.75. The average Bonchev–Trinajstić information content (AvgIpc) is 2.67. The van der Waals surface area contributed by atoms with Gasteiger partial charge in [0, 0.05) is 17.7 Å². The largest absolute Gasteiger partial charge is 0.504 e. The molecule has 28 heavy (non-hydrogen) atoms. The third kappa shape index (κ3) is 4.91. The molecule has 12 heteroatoms. The quantitative estimate of drug-likeness (QED) is 0.390. The molecular formula is C16H14N4O8. The fourth-order valence-electron chi connectivity index (χ4n) is 2.05. The lowest BCUT2D eigenvalue weighted by Crippen LogP contribution is -2.24. The van der Waals surface area contributed by atoms with Gasteiger partial charge in [-0.2, -0.15) is 5.10 Å². The lowest BCUT2D eigenvalue weighted by molar-refractivity contribution is -0.385. The highest BCUT2D eigenvalue weighted by Crippen LogP contribution is 2.33. The number of phenols is 1. The summed E-state index contributed by atoms with van der Waals surface area (Å²) in [6.07, 6.45) is 0.980. The summed E-state index contributed by atoms with van der Waals surface area (Å²) in [5.74, 6) is -1.37. The maximum absolute atomic E-state index is 11.8. The number of rotatable bonds is 8. The number of benzene rings is 2. The summed E-state index contributed by atoms with van der Waals surface area (Å²) in [7, 11) is 1.22. The lowest BCUT2D eigenvalue weighted by Gasteiger charge is -2.06. The van der Waals surface area contributed by atoms with Gasteiger partial charge < -0.3 is 14.6 Å². The third-order valence-corrected chi connectivity index (χ3v) is 3.33.